The topological polar surface area (TPSA) is 57.3 Å². The van der Waals surface area contributed by atoms with Gasteiger partial charge in [0.1, 0.15) is 11.3 Å². The monoisotopic (exact) mass is 312 g/mol. The Morgan fingerprint density at radius 2 is 2.14 bits per heavy atom. The normalized spacial score (nSPS) is 11.4. The third-order valence-electron chi connectivity index (χ3n) is 3.53. The molecule has 0 atom stereocenters. The van der Waals surface area contributed by atoms with Gasteiger partial charge in [-0.3, -0.25) is 0 Å². The van der Waals surface area contributed by atoms with Gasteiger partial charge in [0.15, 0.2) is 5.58 Å². The summed E-state index contributed by atoms with van der Waals surface area (Å²) in [7, 11) is 1.59. The van der Waals surface area contributed by atoms with Crippen molar-refractivity contribution < 1.29 is 9.15 Å². The lowest BCUT2D eigenvalue weighted by Gasteiger charge is -2.04. The number of aryl methyl sites for hydroxylation is 1. The van der Waals surface area contributed by atoms with Gasteiger partial charge in [-0.15, -0.1) is 11.3 Å². The first kappa shape index (κ1) is 13.1. The number of thiazole rings is 1. The average Bonchev–Trinajstić information content (AvgIpc) is 3.04. The molecule has 0 N–H and O–H groups in total. The van der Waals surface area contributed by atoms with E-state index in [9.17, 15) is 4.79 Å². The number of nitrogens with zero attached hydrogens (tertiary/aromatic N) is 2. The van der Waals surface area contributed by atoms with Crippen molar-refractivity contribution in [1.29, 1.82) is 0 Å². The van der Waals surface area contributed by atoms with Gasteiger partial charge in [-0.05, 0) is 31.2 Å². The molecule has 0 amide bonds. The lowest BCUT2D eigenvalue weighted by atomic mass is 10.2. The summed E-state index contributed by atoms with van der Waals surface area (Å²) in [6.07, 6.45) is 0. The van der Waals surface area contributed by atoms with Crippen LogP contribution in [-0.4, -0.2) is 16.7 Å². The number of hydrogen-bond acceptors (Lipinski definition) is 5. The molecule has 0 radical (unpaired) electrons. The van der Waals surface area contributed by atoms with Crippen LogP contribution in [0.4, 0.5) is 0 Å². The fourth-order valence-electron chi connectivity index (χ4n) is 2.58. The molecule has 4 rings (SSSR count). The van der Waals surface area contributed by atoms with Gasteiger partial charge in [0.25, 0.3) is 0 Å². The van der Waals surface area contributed by atoms with Crippen LogP contribution in [0.25, 0.3) is 27.0 Å². The number of fused-ring (bicyclic) bond motifs is 2. The highest BCUT2D eigenvalue weighted by Crippen LogP contribution is 2.29. The number of hydrogen-bond donors (Lipinski definition) is 0. The summed E-state index contributed by atoms with van der Waals surface area (Å²) < 4.78 is 13.2. The van der Waals surface area contributed by atoms with Crippen molar-refractivity contribution in [2.45, 2.75) is 6.92 Å². The SMILES string of the molecule is COc1ccc2oc(=O)n(-c3cccc4sc(C)nc34)c2c1. The molecule has 0 unspecified atom stereocenters. The number of ether oxygens (including phenoxy) is 1. The molecule has 0 bridgehead atoms. The number of aromatic nitrogens is 2. The van der Waals surface area contributed by atoms with Crippen LogP contribution in [0.15, 0.2) is 45.6 Å². The summed E-state index contributed by atoms with van der Waals surface area (Å²) in [6.45, 7) is 1.95. The van der Waals surface area contributed by atoms with Crippen LogP contribution in [0, 0.1) is 6.92 Å². The number of para-hydroxylation sites is 1. The van der Waals surface area contributed by atoms with Crippen LogP contribution >= 0.6 is 11.3 Å². The Kier molecular flexibility index (Phi) is 2.80. The Bertz CT molecular complexity index is 1060. The van der Waals surface area contributed by atoms with E-state index in [2.05, 4.69) is 4.98 Å². The van der Waals surface area contributed by atoms with E-state index in [0.717, 1.165) is 20.9 Å². The van der Waals surface area contributed by atoms with Crippen molar-refractivity contribution in [3.8, 4) is 11.4 Å². The number of methoxy groups -OCH3 is 1. The van der Waals surface area contributed by atoms with Crippen LogP contribution in [0.2, 0.25) is 0 Å². The molecule has 0 saturated heterocycles. The molecule has 0 aliphatic rings. The van der Waals surface area contributed by atoms with E-state index in [-0.39, 0.29) is 0 Å². The highest BCUT2D eigenvalue weighted by molar-refractivity contribution is 7.18. The van der Waals surface area contributed by atoms with Gasteiger partial charge < -0.3 is 9.15 Å². The van der Waals surface area contributed by atoms with E-state index in [0.29, 0.717) is 16.8 Å². The third kappa shape index (κ3) is 1.84. The van der Waals surface area contributed by atoms with Crippen molar-refractivity contribution in [3.63, 3.8) is 0 Å². The highest BCUT2D eigenvalue weighted by atomic mass is 32.1. The molecule has 0 aliphatic carbocycles. The molecule has 6 heteroatoms. The van der Waals surface area contributed by atoms with Crippen molar-refractivity contribution >= 4 is 32.7 Å². The van der Waals surface area contributed by atoms with Gasteiger partial charge in [0, 0.05) is 6.07 Å². The Morgan fingerprint density at radius 3 is 2.95 bits per heavy atom. The van der Waals surface area contributed by atoms with Gasteiger partial charge in [-0.25, -0.2) is 14.3 Å². The molecule has 5 nitrogen and oxygen atoms in total. The van der Waals surface area contributed by atoms with E-state index in [1.807, 2.05) is 25.1 Å². The molecule has 0 aliphatic heterocycles. The second-order valence-electron chi connectivity index (χ2n) is 4.89. The van der Waals surface area contributed by atoms with E-state index in [1.54, 1.807) is 41.2 Å². The standard InChI is InChI=1S/C16H12N2O3S/c1-9-17-15-11(4-3-5-14(15)22-9)18-12-8-10(20-2)6-7-13(12)21-16(18)19/h3-8H,1-2H3. The van der Waals surface area contributed by atoms with Gasteiger partial charge >= 0.3 is 5.76 Å². The van der Waals surface area contributed by atoms with Crippen molar-refractivity contribution in [2.24, 2.45) is 0 Å². The van der Waals surface area contributed by atoms with Crippen LogP contribution in [0.1, 0.15) is 5.01 Å². The molecule has 0 fully saturated rings. The predicted molar refractivity (Wildman–Crippen MR) is 86.3 cm³/mol. The largest absolute Gasteiger partial charge is 0.497 e. The zero-order valence-electron chi connectivity index (χ0n) is 12.0. The van der Waals surface area contributed by atoms with Gasteiger partial charge in [-0.1, -0.05) is 6.07 Å². The minimum Gasteiger partial charge on any atom is -0.497 e. The van der Waals surface area contributed by atoms with Crippen LogP contribution in [0.5, 0.6) is 5.75 Å². The molecule has 22 heavy (non-hydrogen) atoms. The molecular weight excluding hydrogens is 300 g/mol. The minimum absolute atomic E-state index is 0.429. The maximum Gasteiger partial charge on any atom is 0.424 e. The summed E-state index contributed by atoms with van der Waals surface area (Å²) in [5, 5.41) is 0.959. The zero-order chi connectivity index (χ0) is 15.3. The van der Waals surface area contributed by atoms with Crippen LogP contribution < -0.4 is 10.5 Å². The molecule has 110 valence electrons. The molecule has 0 saturated carbocycles. The van der Waals surface area contributed by atoms with E-state index < -0.39 is 5.76 Å². The first-order valence-electron chi connectivity index (χ1n) is 6.73. The maximum absolute atomic E-state index is 12.3. The van der Waals surface area contributed by atoms with E-state index in [1.165, 1.54) is 0 Å². The molecule has 0 spiro atoms. The molecule has 2 aromatic heterocycles. The minimum atomic E-state index is -0.429. The first-order chi connectivity index (χ1) is 10.7. The lowest BCUT2D eigenvalue weighted by molar-refractivity contribution is 0.415. The quantitative estimate of drug-likeness (QED) is 0.568. The summed E-state index contributed by atoms with van der Waals surface area (Å²) >= 11 is 1.60. The van der Waals surface area contributed by atoms with Crippen molar-refractivity contribution in [2.75, 3.05) is 7.11 Å². The lowest BCUT2D eigenvalue weighted by Crippen LogP contribution is -2.12. The summed E-state index contributed by atoms with van der Waals surface area (Å²) in [4.78, 5) is 16.9. The van der Waals surface area contributed by atoms with Crippen LogP contribution in [0.3, 0.4) is 0 Å². The summed E-state index contributed by atoms with van der Waals surface area (Å²) in [6, 6.07) is 11.1. The average molecular weight is 312 g/mol. The van der Waals surface area contributed by atoms with Crippen LogP contribution in [-0.2, 0) is 0 Å². The Hall–Kier alpha value is -2.60. The van der Waals surface area contributed by atoms with Gasteiger partial charge in [0.2, 0.25) is 0 Å². The van der Waals surface area contributed by atoms with Gasteiger partial charge in [0.05, 0.1) is 28.0 Å². The third-order valence-corrected chi connectivity index (χ3v) is 4.47. The maximum atomic E-state index is 12.3. The van der Waals surface area contributed by atoms with Gasteiger partial charge in [-0.2, -0.15) is 0 Å². The second kappa shape index (κ2) is 4.71. The van der Waals surface area contributed by atoms with Crippen molar-refractivity contribution in [3.05, 3.63) is 52.0 Å². The van der Waals surface area contributed by atoms with Crippen molar-refractivity contribution in [1.82, 2.24) is 9.55 Å². The predicted octanol–water partition coefficient (Wildman–Crippen LogP) is 3.51. The second-order valence-corrected chi connectivity index (χ2v) is 6.13. The smallest absolute Gasteiger partial charge is 0.424 e. The molecule has 4 aromatic rings. The zero-order valence-corrected chi connectivity index (χ0v) is 12.8. The Morgan fingerprint density at radius 1 is 1.27 bits per heavy atom. The molecule has 2 aromatic carbocycles. The summed E-state index contributed by atoms with van der Waals surface area (Å²) in [5.41, 5.74) is 2.72. The first-order valence-corrected chi connectivity index (χ1v) is 7.55. The number of benzene rings is 2. The molecular formula is C16H12N2O3S. The van der Waals surface area contributed by atoms with E-state index in [4.69, 9.17) is 9.15 Å². The summed E-state index contributed by atoms with van der Waals surface area (Å²) in [5.74, 6) is 0.241. The number of rotatable bonds is 2. The highest BCUT2D eigenvalue weighted by Gasteiger charge is 2.16. The van der Waals surface area contributed by atoms with E-state index >= 15 is 0 Å². The molecule has 2 heterocycles. The Labute approximate surface area is 129 Å². The Balaban J connectivity index is 2.11. The fourth-order valence-corrected chi connectivity index (χ4v) is 3.43. The fraction of sp³-hybridized carbons (Fsp3) is 0.125. The number of oxazole rings is 1.